The van der Waals surface area contributed by atoms with E-state index in [4.69, 9.17) is 5.11 Å². The maximum absolute atomic E-state index is 12.0. The predicted octanol–water partition coefficient (Wildman–Crippen LogP) is 3.25. The molecule has 0 radical (unpaired) electrons. The number of carbonyl (C=O) groups excluding carboxylic acids is 1. The van der Waals surface area contributed by atoms with Gasteiger partial charge in [0.05, 0.1) is 5.56 Å². The van der Waals surface area contributed by atoms with E-state index in [-0.39, 0.29) is 17.9 Å². The molecular formula is C19H21NO3. The second-order valence-corrected chi connectivity index (χ2v) is 5.67. The van der Waals surface area contributed by atoms with Gasteiger partial charge in [-0.2, -0.15) is 0 Å². The molecule has 0 bridgehead atoms. The SMILES string of the molecule is Cc1ccc(CNC(=O)CCc2ccccc2C(=O)O)c(C)c1. The average Bonchev–Trinajstić information content (AvgIpc) is 2.52. The van der Waals surface area contributed by atoms with E-state index in [0.717, 1.165) is 11.1 Å². The number of hydrogen-bond donors (Lipinski definition) is 2. The van der Waals surface area contributed by atoms with Crippen LogP contribution in [0.25, 0.3) is 0 Å². The third-order valence-corrected chi connectivity index (χ3v) is 3.84. The lowest BCUT2D eigenvalue weighted by Crippen LogP contribution is -2.23. The minimum atomic E-state index is -0.962. The molecule has 2 aromatic carbocycles. The van der Waals surface area contributed by atoms with Gasteiger partial charge in [-0.3, -0.25) is 4.79 Å². The van der Waals surface area contributed by atoms with E-state index in [1.165, 1.54) is 5.56 Å². The number of hydrogen-bond acceptors (Lipinski definition) is 2. The number of benzene rings is 2. The molecule has 0 saturated carbocycles. The number of aryl methyl sites for hydroxylation is 3. The number of carbonyl (C=O) groups is 2. The highest BCUT2D eigenvalue weighted by Gasteiger charge is 2.10. The van der Waals surface area contributed by atoms with Gasteiger partial charge in [0, 0.05) is 13.0 Å². The van der Waals surface area contributed by atoms with Gasteiger partial charge in [-0.1, -0.05) is 42.0 Å². The van der Waals surface area contributed by atoms with Crippen molar-refractivity contribution in [3.8, 4) is 0 Å². The molecule has 0 aliphatic heterocycles. The molecule has 1 amide bonds. The number of carboxylic acid groups (broad SMARTS) is 1. The maximum Gasteiger partial charge on any atom is 0.335 e. The van der Waals surface area contributed by atoms with Crippen molar-refractivity contribution in [1.29, 1.82) is 0 Å². The monoisotopic (exact) mass is 311 g/mol. The number of aromatic carboxylic acids is 1. The van der Waals surface area contributed by atoms with E-state index in [1.807, 2.05) is 26.0 Å². The van der Waals surface area contributed by atoms with Crippen LogP contribution in [0, 0.1) is 13.8 Å². The summed E-state index contributed by atoms with van der Waals surface area (Å²) in [4.78, 5) is 23.1. The Morgan fingerprint density at radius 3 is 2.48 bits per heavy atom. The summed E-state index contributed by atoms with van der Waals surface area (Å²) in [6.07, 6.45) is 0.691. The molecule has 0 saturated heterocycles. The molecule has 0 spiro atoms. The number of amides is 1. The molecule has 0 heterocycles. The largest absolute Gasteiger partial charge is 0.478 e. The molecule has 2 rings (SSSR count). The Labute approximate surface area is 136 Å². The Morgan fingerprint density at radius 1 is 1.04 bits per heavy atom. The lowest BCUT2D eigenvalue weighted by Gasteiger charge is -2.09. The molecule has 0 aliphatic carbocycles. The molecule has 0 fully saturated rings. The summed E-state index contributed by atoms with van der Waals surface area (Å²) >= 11 is 0. The zero-order valence-electron chi connectivity index (χ0n) is 13.4. The number of carboxylic acids is 1. The first-order valence-corrected chi connectivity index (χ1v) is 7.61. The van der Waals surface area contributed by atoms with Crippen LogP contribution < -0.4 is 5.32 Å². The maximum atomic E-state index is 12.0. The summed E-state index contributed by atoms with van der Waals surface area (Å²) < 4.78 is 0. The molecule has 4 nitrogen and oxygen atoms in total. The summed E-state index contributed by atoms with van der Waals surface area (Å²) in [5.41, 5.74) is 4.38. The minimum absolute atomic E-state index is 0.0785. The van der Waals surface area contributed by atoms with E-state index >= 15 is 0 Å². The van der Waals surface area contributed by atoms with Crippen LogP contribution in [-0.2, 0) is 17.8 Å². The van der Waals surface area contributed by atoms with Gasteiger partial charge >= 0.3 is 5.97 Å². The topological polar surface area (TPSA) is 66.4 Å². The lowest BCUT2D eigenvalue weighted by molar-refractivity contribution is -0.121. The zero-order valence-corrected chi connectivity index (χ0v) is 13.4. The van der Waals surface area contributed by atoms with Crippen LogP contribution in [0.1, 0.15) is 39.0 Å². The number of nitrogens with one attached hydrogen (secondary N) is 1. The van der Waals surface area contributed by atoms with Crippen LogP contribution in [0.3, 0.4) is 0 Å². The van der Waals surface area contributed by atoms with Crippen LogP contribution >= 0.6 is 0 Å². The van der Waals surface area contributed by atoms with Crippen LogP contribution in [0.4, 0.5) is 0 Å². The zero-order chi connectivity index (χ0) is 16.8. The fraction of sp³-hybridized carbons (Fsp3) is 0.263. The Hall–Kier alpha value is -2.62. The molecular weight excluding hydrogens is 290 g/mol. The van der Waals surface area contributed by atoms with Crippen molar-refractivity contribution < 1.29 is 14.7 Å². The van der Waals surface area contributed by atoms with E-state index in [9.17, 15) is 9.59 Å². The Kier molecular flexibility index (Phi) is 5.52. The fourth-order valence-electron chi connectivity index (χ4n) is 2.52. The summed E-state index contributed by atoms with van der Waals surface area (Å²) in [5, 5.41) is 12.0. The molecule has 2 aromatic rings. The first-order valence-electron chi connectivity index (χ1n) is 7.61. The average molecular weight is 311 g/mol. The quantitative estimate of drug-likeness (QED) is 0.860. The van der Waals surface area contributed by atoms with Crippen molar-refractivity contribution >= 4 is 11.9 Å². The van der Waals surface area contributed by atoms with Crippen molar-refractivity contribution in [2.45, 2.75) is 33.2 Å². The highest BCUT2D eigenvalue weighted by Crippen LogP contribution is 2.12. The summed E-state index contributed by atoms with van der Waals surface area (Å²) in [7, 11) is 0. The molecule has 0 aliphatic rings. The van der Waals surface area contributed by atoms with Crippen molar-refractivity contribution in [2.75, 3.05) is 0 Å². The third kappa shape index (κ3) is 4.68. The molecule has 0 atom stereocenters. The Morgan fingerprint density at radius 2 is 1.78 bits per heavy atom. The van der Waals surface area contributed by atoms with Crippen molar-refractivity contribution in [1.82, 2.24) is 5.32 Å². The molecule has 4 heteroatoms. The van der Waals surface area contributed by atoms with Gasteiger partial charge in [-0.25, -0.2) is 4.79 Å². The first-order chi connectivity index (χ1) is 11.0. The van der Waals surface area contributed by atoms with E-state index in [2.05, 4.69) is 11.4 Å². The van der Waals surface area contributed by atoms with Crippen LogP contribution in [0.2, 0.25) is 0 Å². The summed E-state index contributed by atoms with van der Waals surface area (Å²) in [6, 6.07) is 12.9. The third-order valence-electron chi connectivity index (χ3n) is 3.84. The van der Waals surface area contributed by atoms with Crippen molar-refractivity contribution in [2.24, 2.45) is 0 Å². The standard InChI is InChI=1S/C19H21NO3/c1-13-7-8-16(14(2)11-13)12-20-18(21)10-9-15-5-3-4-6-17(15)19(22)23/h3-8,11H,9-10,12H2,1-2H3,(H,20,21)(H,22,23). The molecule has 0 aromatic heterocycles. The fourth-order valence-corrected chi connectivity index (χ4v) is 2.52. The second kappa shape index (κ2) is 7.58. The van der Waals surface area contributed by atoms with Crippen molar-refractivity contribution in [3.05, 3.63) is 70.3 Å². The summed E-state index contributed by atoms with van der Waals surface area (Å²) in [6.45, 7) is 4.55. The van der Waals surface area contributed by atoms with Gasteiger partial charge < -0.3 is 10.4 Å². The van der Waals surface area contributed by atoms with Gasteiger partial charge in [-0.05, 0) is 43.0 Å². The minimum Gasteiger partial charge on any atom is -0.478 e. The Balaban J connectivity index is 1.90. The van der Waals surface area contributed by atoms with Crippen LogP contribution in [-0.4, -0.2) is 17.0 Å². The first kappa shape index (κ1) is 16.7. The van der Waals surface area contributed by atoms with E-state index in [0.29, 0.717) is 18.5 Å². The number of rotatable bonds is 6. The summed E-state index contributed by atoms with van der Waals surface area (Å²) in [5.74, 6) is -1.04. The highest BCUT2D eigenvalue weighted by atomic mass is 16.4. The van der Waals surface area contributed by atoms with E-state index < -0.39 is 5.97 Å². The molecule has 2 N–H and O–H groups in total. The van der Waals surface area contributed by atoms with Gasteiger partial charge in [0.1, 0.15) is 0 Å². The molecule has 120 valence electrons. The smallest absolute Gasteiger partial charge is 0.335 e. The highest BCUT2D eigenvalue weighted by molar-refractivity contribution is 5.89. The van der Waals surface area contributed by atoms with Crippen LogP contribution in [0.15, 0.2) is 42.5 Å². The van der Waals surface area contributed by atoms with Crippen molar-refractivity contribution in [3.63, 3.8) is 0 Å². The van der Waals surface area contributed by atoms with Crippen LogP contribution in [0.5, 0.6) is 0 Å². The normalized spacial score (nSPS) is 10.3. The Bertz CT molecular complexity index is 722. The van der Waals surface area contributed by atoms with E-state index in [1.54, 1.807) is 24.3 Å². The lowest BCUT2D eigenvalue weighted by atomic mass is 10.0. The van der Waals surface area contributed by atoms with Gasteiger partial charge in [0.15, 0.2) is 0 Å². The second-order valence-electron chi connectivity index (χ2n) is 5.67. The predicted molar refractivity (Wildman–Crippen MR) is 89.5 cm³/mol. The molecule has 0 unspecified atom stereocenters. The van der Waals surface area contributed by atoms with Gasteiger partial charge in [-0.15, -0.1) is 0 Å². The molecule has 23 heavy (non-hydrogen) atoms. The van der Waals surface area contributed by atoms with Gasteiger partial charge in [0.25, 0.3) is 0 Å². The van der Waals surface area contributed by atoms with Gasteiger partial charge in [0.2, 0.25) is 5.91 Å².